The highest BCUT2D eigenvalue weighted by atomic mass is 16.5. The Morgan fingerprint density at radius 1 is 1.11 bits per heavy atom. The molecule has 0 aromatic heterocycles. The number of aliphatic hydroxyl groups is 1. The van der Waals surface area contributed by atoms with E-state index >= 15 is 0 Å². The van der Waals surface area contributed by atoms with Crippen LogP contribution in [0.2, 0.25) is 0 Å². The van der Waals surface area contributed by atoms with Crippen LogP contribution < -0.4 is 0 Å². The number of hydrogen-bond donors (Lipinski definition) is 1. The van der Waals surface area contributed by atoms with Crippen LogP contribution in [-0.4, -0.2) is 31.0 Å². The van der Waals surface area contributed by atoms with Gasteiger partial charge in [-0.1, -0.05) is 24.3 Å². The molecule has 3 nitrogen and oxygen atoms in total. The number of aliphatic hydroxyl groups excluding tert-OH is 1. The third-order valence-corrected chi connectivity index (χ3v) is 4.09. The van der Waals surface area contributed by atoms with Gasteiger partial charge in [-0.2, -0.15) is 0 Å². The Balaban J connectivity index is 1.80. The summed E-state index contributed by atoms with van der Waals surface area (Å²) in [6.45, 7) is 2.23. The fraction of sp³-hybridized carbons (Fsp3) is 0.600. The first-order valence-corrected chi connectivity index (χ1v) is 6.81. The van der Waals surface area contributed by atoms with Crippen LogP contribution in [0.1, 0.15) is 30.1 Å². The highest BCUT2D eigenvalue weighted by Gasteiger charge is 2.33. The molecule has 2 aliphatic rings. The minimum absolute atomic E-state index is 0.155. The Labute approximate surface area is 108 Å². The predicted octanol–water partition coefficient (Wildman–Crippen LogP) is 2.09. The van der Waals surface area contributed by atoms with Crippen molar-refractivity contribution in [2.24, 2.45) is 5.92 Å². The summed E-state index contributed by atoms with van der Waals surface area (Å²) < 4.78 is 11.2. The molecular formula is C15H20O3. The van der Waals surface area contributed by atoms with Crippen molar-refractivity contribution in [3.05, 3.63) is 35.4 Å². The molecule has 0 saturated carbocycles. The average Bonchev–Trinajstić information content (AvgIpc) is 2.47. The maximum atomic E-state index is 10.6. The van der Waals surface area contributed by atoms with Crippen LogP contribution in [0.3, 0.4) is 0 Å². The maximum Gasteiger partial charge on any atom is 0.109 e. The van der Waals surface area contributed by atoms with Crippen LogP contribution in [0, 0.1) is 5.92 Å². The zero-order valence-corrected chi connectivity index (χ0v) is 10.5. The van der Waals surface area contributed by atoms with Crippen molar-refractivity contribution in [3.63, 3.8) is 0 Å². The highest BCUT2D eigenvalue weighted by molar-refractivity contribution is 5.31. The predicted molar refractivity (Wildman–Crippen MR) is 68.4 cm³/mol. The fourth-order valence-corrected chi connectivity index (χ4v) is 3.01. The van der Waals surface area contributed by atoms with E-state index in [2.05, 4.69) is 18.2 Å². The average molecular weight is 248 g/mol. The topological polar surface area (TPSA) is 38.7 Å². The molecule has 0 bridgehead atoms. The van der Waals surface area contributed by atoms with Crippen molar-refractivity contribution >= 4 is 0 Å². The molecule has 98 valence electrons. The molecule has 2 aliphatic heterocycles. The van der Waals surface area contributed by atoms with E-state index in [9.17, 15) is 5.11 Å². The van der Waals surface area contributed by atoms with Crippen molar-refractivity contribution in [2.75, 3.05) is 19.8 Å². The van der Waals surface area contributed by atoms with Crippen molar-refractivity contribution in [2.45, 2.75) is 31.5 Å². The normalized spacial score (nSPS) is 26.6. The van der Waals surface area contributed by atoms with E-state index in [0.29, 0.717) is 12.5 Å². The summed E-state index contributed by atoms with van der Waals surface area (Å²) in [5.74, 6) is 0.301. The molecule has 3 heteroatoms. The van der Waals surface area contributed by atoms with Crippen molar-refractivity contribution < 1.29 is 14.6 Å². The van der Waals surface area contributed by atoms with Gasteiger partial charge in [0.25, 0.3) is 0 Å². The summed E-state index contributed by atoms with van der Waals surface area (Å²) >= 11 is 0. The summed E-state index contributed by atoms with van der Waals surface area (Å²) in [5.41, 5.74) is 2.49. The summed E-state index contributed by atoms with van der Waals surface area (Å²) in [6.07, 6.45) is 2.26. The summed E-state index contributed by atoms with van der Waals surface area (Å²) in [6, 6.07) is 8.31. The van der Waals surface area contributed by atoms with Gasteiger partial charge >= 0.3 is 0 Å². The van der Waals surface area contributed by atoms with Crippen LogP contribution >= 0.6 is 0 Å². The molecule has 0 radical (unpaired) electrons. The van der Waals surface area contributed by atoms with E-state index < -0.39 is 6.10 Å². The third-order valence-electron chi connectivity index (χ3n) is 4.09. The van der Waals surface area contributed by atoms with Gasteiger partial charge in [-0.25, -0.2) is 0 Å². The van der Waals surface area contributed by atoms with Gasteiger partial charge in [0, 0.05) is 13.2 Å². The minimum Gasteiger partial charge on any atom is -0.390 e. The first kappa shape index (κ1) is 12.2. The van der Waals surface area contributed by atoms with E-state index in [1.54, 1.807) is 0 Å². The molecule has 1 fully saturated rings. The van der Waals surface area contributed by atoms with Crippen LogP contribution in [0.4, 0.5) is 0 Å². The zero-order valence-electron chi connectivity index (χ0n) is 10.5. The number of hydrogen-bond acceptors (Lipinski definition) is 3. The molecule has 1 aromatic carbocycles. The Morgan fingerprint density at radius 2 is 1.89 bits per heavy atom. The second-order valence-corrected chi connectivity index (χ2v) is 5.18. The molecular weight excluding hydrogens is 228 g/mol. The molecule has 0 aliphatic carbocycles. The van der Waals surface area contributed by atoms with Gasteiger partial charge in [-0.05, 0) is 36.3 Å². The van der Waals surface area contributed by atoms with Gasteiger partial charge in [0.15, 0.2) is 0 Å². The standard InChI is InChI=1S/C15H20O3/c16-14(12-5-8-17-9-6-12)15-13-4-2-1-3-11(13)7-10-18-15/h1-4,12,14-16H,5-10H2. The van der Waals surface area contributed by atoms with Crippen molar-refractivity contribution in [3.8, 4) is 0 Å². The molecule has 18 heavy (non-hydrogen) atoms. The molecule has 2 heterocycles. The quantitative estimate of drug-likeness (QED) is 0.871. The molecule has 0 amide bonds. The van der Waals surface area contributed by atoms with Crippen LogP contribution in [-0.2, 0) is 15.9 Å². The number of ether oxygens (including phenoxy) is 2. The lowest BCUT2D eigenvalue weighted by Gasteiger charge is -2.35. The molecule has 0 spiro atoms. The zero-order chi connectivity index (χ0) is 12.4. The maximum absolute atomic E-state index is 10.6. The van der Waals surface area contributed by atoms with Crippen LogP contribution in [0.5, 0.6) is 0 Å². The van der Waals surface area contributed by atoms with E-state index in [4.69, 9.17) is 9.47 Å². The molecule has 2 unspecified atom stereocenters. The van der Waals surface area contributed by atoms with E-state index in [-0.39, 0.29) is 6.10 Å². The summed E-state index contributed by atoms with van der Waals surface area (Å²) in [7, 11) is 0. The van der Waals surface area contributed by atoms with Gasteiger partial charge in [0.05, 0.1) is 12.7 Å². The van der Waals surface area contributed by atoms with Crippen molar-refractivity contribution in [1.29, 1.82) is 0 Å². The minimum atomic E-state index is -0.407. The van der Waals surface area contributed by atoms with Gasteiger partial charge in [-0.15, -0.1) is 0 Å². The molecule has 1 N–H and O–H groups in total. The molecule has 1 aromatic rings. The smallest absolute Gasteiger partial charge is 0.109 e. The fourth-order valence-electron chi connectivity index (χ4n) is 3.01. The van der Waals surface area contributed by atoms with Gasteiger partial charge in [0.2, 0.25) is 0 Å². The van der Waals surface area contributed by atoms with Gasteiger partial charge in [0.1, 0.15) is 6.10 Å². The lowest BCUT2D eigenvalue weighted by atomic mass is 9.85. The Kier molecular flexibility index (Phi) is 3.64. The number of benzene rings is 1. The van der Waals surface area contributed by atoms with Crippen molar-refractivity contribution in [1.82, 2.24) is 0 Å². The van der Waals surface area contributed by atoms with E-state index in [1.165, 1.54) is 11.1 Å². The van der Waals surface area contributed by atoms with Crippen LogP contribution in [0.25, 0.3) is 0 Å². The first-order chi connectivity index (χ1) is 8.86. The van der Waals surface area contributed by atoms with E-state index in [0.717, 1.165) is 32.5 Å². The molecule has 2 atom stereocenters. The lowest BCUT2D eigenvalue weighted by Crippen LogP contribution is -2.35. The summed E-state index contributed by atoms with van der Waals surface area (Å²) in [4.78, 5) is 0. The molecule has 1 saturated heterocycles. The lowest BCUT2D eigenvalue weighted by molar-refractivity contribution is -0.0903. The van der Waals surface area contributed by atoms with Crippen LogP contribution in [0.15, 0.2) is 24.3 Å². The van der Waals surface area contributed by atoms with E-state index in [1.807, 2.05) is 6.07 Å². The Bertz CT molecular complexity index is 398. The Morgan fingerprint density at radius 3 is 2.72 bits per heavy atom. The second kappa shape index (κ2) is 5.39. The monoisotopic (exact) mass is 248 g/mol. The number of rotatable bonds is 2. The summed E-state index contributed by atoms with van der Waals surface area (Å²) in [5, 5.41) is 10.6. The largest absolute Gasteiger partial charge is 0.390 e. The Hall–Kier alpha value is -0.900. The molecule has 3 rings (SSSR count). The first-order valence-electron chi connectivity index (χ1n) is 6.81. The van der Waals surface area contributed by atoms with Gasteiger partial charge < -0.3 is 14.6 Å². The highest BCUT2D eigenvalue weighted by Crippen LogP contribution is 2.35. The van der Waals surface area contributed by atoms with Gasteiger partial charge in [-0.3, -0.25) is 0 Å². The second-order valence-electron chi connectivity index (χ2n) is 5.18. The SMILES string of the molecule is OC(C1CCOCC1)C1OCCc2ccccc21. The number of fused-ring (bicyclic) bond motifs is 1. The third kappa shape index (κ3) is 2.30.